The summed E-state index contributed by atoms with van der Waals surface area (Å²) in [6.07, 6.45) is -2.21. The number of nitrogens with zero attached hydrogens (tertiary/aromatic N) is 1. The van der Waals surface area contributed by atoms with Gasteiger partial charge < -0.3 is 15.4 Å². The fraction of sp³-hybridized carbons (Fsp3) is 0.429. The van der Waals surface area contributed by atoms with E-state index in [0.717, 1.165) is 5.56 Å². The average Bonchev–Trinajstić information content (AvgIpc) is 2.78. The van der Waals surface area contributed by atoms with E-state index in [1.54, 1.807) is 24.5 Å². The highest BCUT2D eigenvalue weighted by atomic mass is 32.2. The fourth-order valence-electron chi connectivity index (χ4n) is 3.69. The highest BCUT2D eigenvalue weighted by molar-refractivity contribution is 7.89. The molecule has 180 valence electrons. The first-order valence-corrected chi connectivity index (χ1v) is 11.7. The maximum atomic E-state index is 13.1. The van der Waals surface area contributed by atoms with Crippen molar-refractivity contribution >= 4 is 21.7 Å². The topological polar surface area (TPSA) is 109 Å². The Kier molecular flexibility index (Phi) is 7.92. The Bertz CT molecular complexity index is 1030. The number of urea groups is 1. The molecule has 3 atom stereocenters. The largest absolute Gasteiger partial charge is 0.391 e. The standard InChI is InChI=1S/C21H25F3N4O4S/c1-32-19-9-4-15(21(22,23)24)11-18(19)28-33(30,31)17-7-5-16(6-8-17)27-20(29)26-13-14-3-2-10-25-12-14/h2-3,5-8,10,12,15,18-19,28H,4,9,11,13H2,1H3,(H2,26,27,29). The molecule has 1 aromatic heterocycles. The van der Waals surface area contributed by atoms with Gasteiger partial charge in [-0.2, -0.15) is 13.2 Å². The lowest BCUT2D eigenvalue weighted by molar-refractivity contribution is -0.189. The predicted octanol–water partition coefficient (Wildman–Crippen LogP) is 3.43. The van der Waals surface area contributed by atoms with E-state index in [4.69, 9.17) is 4.74 Å². The summed E-state index contributed by atoms with van der Waals surface area (Å²) in [6.45, 7) is 0.261. The Morgan fingerprint density at radius 3 is 2.52 bits per heavy atom. The van der Waals surface area contributed by atoms with Gasteiger partial charge in [-0.1, -0.05) is 6.07 Å². The van der Waals surface area contributed by atoms with Crippen LogP contribution >= 0.6 is 0 Å². The number of hydrogen-bond donors (Lipinski definition) is 3. The third kappa shape index (κ3) is 6.89. The number of halogens is 3. The zero-order chi connectivity index (χ0) is 24.1. The number of nitrogens with one attached hydrogen (secondary N) is 3. The lowest BCUT2D eigenvalue weighted by Gasteiger charge is -2.36. The van der Waals surface area contributed by atoms with Crippen LogP contribution in [0.3, 0.4) is 0 Å². The van der Waals surface area contributed by atoms with E-state index in [0.29, 0.717) is 5.69 Å². The number of benzene rings is 1. The molecule has 3 rings (SSSR count). The van der Waals surface area contributed by atoms with E-state index >= 15 is 0 Å². The number of carbonyl (C=O) groups excluding carboxylic acids is 1. The predicted molar refractivity (Wildman–Crippen MR) is 115 cm³/mol. The Morgan fingerprint density at radius 2 is 1.91 bits per heavy atom. The van der Waals surface area contributed by atoms with Crippen molar-refractivity contribution in [2.75, 3.05) is 12.4 Å². The number of alkyl halides is 3. The molecule has 0 bridgehead atoms. The highest BCUT2D eigenvalue weighted by Gasteiger charge is 2.46. The van der Waals surface area contributed by atoms with Crippen LogP contribution in [0.4, 0.5) is 23.7 Å². The van der Waals surface area contributed by atoms with Crippen LogP contribution in [-0.2, 0) is 21.3 Å². The van der Waals surface area contributed by atoms with Gasteiger partial charge in [0.25, 0.3) is 0 Å². The minimum absolute atomic E-state index is 0.102. The molecule has 1 aromatic carbocycles. The van der Waals surface area contributed by atoms with Crippen molar-refractivity contribution in [3.63, 3.8) is 0 Å². The van der Waals surface area contributed by atoms with Gasteiger partial charge in [-0.05, 0) is 55.2 Å². The summed E-state index contributed by atoms with van der Waals surface area (Å²) < 4.78 is 72.5. The average molecular weight is 487 g/mol. The molecule has 1 saturated carbocycles. The first kappa shape index (κ1) is 24.9. The summed E-state index contributed by atoms with van der Waals surface area (Å²) >= 11 is 0. The maximum absolute atomic E-state index is 13.1. The quantitative estimate of drug-likeness (QED) is 0.556. The number of anilines is 1. The van der Waals surface area contributed by atoms with Gasteiger partial charge in [0.1, 0.15) is 0 Å². The van der Waals surface area contributed by atoms with Gasteiger partial charge in [0.15, 0.2) is 0 Å². The number of rotatable bonds is 7. The second kappa shape index (κ2) is 10.5. The number of amides is 2. The van der Waals surface area contributed by atoms with Crippen molar-refractivity contribution in [1.29, 1.82) is 0 Å². The van der Waals surface area contributed by atoms with Crippen LogP contribution in [0.5, 0.6) is 0 Å². The number of hydrogen-bond acceptors (Lipinski definition) is 5. The van der Waals surface area contributed by atoms with Gasteiger partial charge in [0.2, 0.25) is 10.0 Å². The minimum Gasteiger partial charge on any atom is -0.380 e. The molecule has 1 fully saturated rings. The number of sulfonamides is 1. The Labute approximate surface area is 190 Å². The first-order valence-electron chi connectivity index (χ1n) is 10.2. The van der Waals surface area contributed by atoms with E-state index in [1.165, 1.54) is 31.4 Å². The van der Waals surface area contributed by atoms with Gasteiger partial charge in [0, 0.05) is 37.8 Å². The molecule has 0 spiro atoms. The van der Waals surface area contributed by atoms with Gasteiger partial charge in [-0.25, -0.2) is 17.9 Å². The summed E-state index contributed by atoms with van der Waals surface area (Å²) in [6, 6.07) is 7.38. The lowest BCUT2D eigenvalue weighted by Crippen LogP contribution is -2.49. The number of aromatic nitrogens is 1. The summed E-state index contributed by atoms with van der Waals surface area (Å²) in [5.74, 6) is -1.59. The molecule has 0 saturated heterocycles. The van der Waals surface area contributed by atoms with Gasteiger partial charge in [-0.15, -0.1) is 0 Å². The molecule has 3 N–H and O–H groups in total. The second-order valence-corrected chi connectivity index (χ2v) is 9.46. The number of pyridine rings is 1. The summed E-state index contributed by atoms with van der Waals surface area (Å²) in [4.78, 5) is 15.8. The van der Waals surface area contributed by atoms with Gasteiger partial charge >= 0.3 is 12.2 Å². The molecule has 3 unspecified atom stereocenters. The second-order valence-electron chi connectivity index (χ2n) is 7.75. The molecule has 1 aliphatic carbocycles. The molecule has 0 aliphatic heterocycles. The molecule has 2 amide bonds. The van der Waals surface area contributed by atoms with Crippen LogP contribution in [0.2, 0.25) is 0 Å². The molecule has 0 radical (unpaired) electrons. The number of methoxy groups -OCH3 is 1. The monoisotopic (exact) mass is 486 g/mol. The molecular weight excluding hydrogens is 461 g/mol. The van der Waals surface area contributed by atoms with Crippen molar-refractivity contribution in [1.82, 2.24) is 15.0 Å². The lowest BCUT2D eigenvalue weighted by atomic mass is 9.84. The van der Waals surface area contributed by atoms with Crippen LogP contribution in [0.1, 0.15) is 24.8 Å². The van der Waals surface area contributed by atoms with Gasteiger partial charge in [0.05, 0.1) is 16.9 Å². The Morgan fingerprint density at radius 1 is 1.18 bits per heavy atom. The van der Waals surface area contributed by atoms with Crippen molar-refractivity contribution < 1.29 is 31.1 Å². The fourth-order valence-corrected chi connectivity index (χ4v) is 4.97. The molecular formula is C21H25F3N4O4S. The van der Waals surface area contributed by atoms with Gasteiger partial charge in [-0.3, -0.25) is 4.98 Å². The van der Waals surface area contributed by atoms with E-state index in [1.807, 2.05) is 0 Å². The zero-order valence-electron chi connectivity index (χ0n) is 17.8. The van der Waals surface area contributed by atoms with E-state index < -0.39 is 46.7 Å². The summed E-state index contributed by atoms with van der Waals surface area (Å²) in [5, 5.41) is 5.23. The van der Waals surface area contributed by atoms with E-state index in [2.05, 4.69) is 20.3 Å². The zero-order valence-corrected chi connectivity index (χ0v) is 18.6. The van der Waals surface area contributed by atoms with Crippen molar-refractivity contribution in [2.45, 2.75) is 49.0 Å². The van der Waals surface area contributed by atoms with Crippen LogP contribution in [0.25, 0.3) is 0 Å². The molecule has 1 heterocycles. The van der Waals surface area contributed by atoms with Crippen molar-refractivity contribution in [3.8, 4) is 0 Å². The summed E-state index contributed by atoms with van der Waals surface area (Å²) in [5.41, 5.74) is 1.16. The molecule has 33 heavy (non-hydrogen) atoms. The highest BCUT2D eigenvalue weighted by Crippen LogP contribution is 2.38. The Hall–Kier alpha value is -2.70. The van der Waals surface area contributed by atoms with Crippen molar-refractivity contribution in [3.05, 3.63) is 54.4 Å². The Balaban J connectivity index is 1.60. The third-order valence-electron chi connectivity index (χ3n) is 5.46. The van der Waals surface area contributed by atoms with Crippen LogP contribution in [0.15, 0.2) is 53.7 Å². The normalized spacial score (nSPS) is 21.4. The molecule has 12 heteroatoms. The number of carbonyl (C=O) groups is 1. The first-order chi connectivity index (χ1) is 15.6. The van der Waals surface area contributed by atoms with E-state index in [9.17, 15) is 26.4 Å². The minimum atomic E-state index is -4.40. The number of ether oxygens (including phenoxy) is 1. The van der Waals surface area contributed by atoms with E-state index in [-0.39, 0.29) is 24.3 Å². The molecule has 1 aliphatic rings. The van der Waals surface area contributed by atoms with Crippen LogP contribution in [-0.4, -0.2) is 44.9 Å². The smallest absolute Gasteiger partial charge is 0.380 e. The maximum Gasteiger partial charge on any atom is 0.391 e. The van der Waals surface area contributed by atoms with Crippen LogP contribution in [0, 0.1) is 5.92 Å². The van der Waals surface area contributed by atoms with Crippen molar-refractivity contribution in [2.24, 2.45) is 5.92 Å². The SMILES string of the molecule is COC1CCC(C(F)(F)F)CC1NS(=O)(=O)c1ccc(NC(=O)NCc2cccnc2)cc1. The third-order valence-corrected chi connectivity index (χ3v) is 6.96. The van der Waals surface area contributed by atoms with Crippen LogP contribution < -0.4 is 15.4 Å². The summed E-state index contributed by atoms with van der Waals surface area (Å²) in [7, 11) is -2.75. The molecule has 8 nitrogen and oxygen atoms in total. The molecule has 2 aromatic rings.